The second-order valence-electron chi connectivity index (χ2n) is 6.59. The van der Waals surface area contributed by atoms with Crippen LogP contribution in [0.15, 0.2) is 18.2 Å². The maximum Gasteiger partial charge on any atom is 0.274 e. The van der Waals surface area contributed by atoms with Crippen molar-refractivity contribution >= 4 is 42.1 Å². The molecule has 25 heavy (non-hydrogen) atoms. The molecule has 1 aromatic rings. The first-order valence-electron chi connectivity index (χ1n) is 8.55. The maximum atomic E-state index is 11.5. The molecule has 0 radical (unpaired) electrons. The number of hydrogen-bond donors (Lipinski definition) is 1. The molecule has 5 nitrogen and oxygen atoms in total. The number of nitro benzene ring substituents is 1. The zero-order valence-electron chi connectivity index (χ0n) is 14.2. The van der Waals surface area contributed by atoms with Crippen molar-refractivity contribution in [2.75, 3.05) is 26.2 Å². The summed E-state index contributed by atoms with van der Waals surface area (Å²) < 4.78 is 0. The van der Waals surface area contributed by atoms with E-state index >= 15 is 0 Å². The molecule has 3 rings (SSSR count). The van der Waals surface area contributed by atoms with E-state index in [4.69, 9.17) is 11.6 Å². The Balaban J connectivity index is 0.00000156. The topological polar surface area (TPSA) is 58.4 Å². The third kappa shape index (κ3) is 5.44. The number of rotatable bonds is 4. The summed E-state index contributed by atoms with van der Waals surface area (Å²) in [4.78, 5) is 13.7. The SMILES string of the molecule is Cl.Cl.O=[N+]([O-])c1ccc(Cl)cc1[C@H](C1CCCCC1)N1CCNCC1. The van der Waals surface area contributed by atoms with Gasteiger partial charge in [-0.25, -0.2) is 0 Å². The van der Waals surface area contributed by atoms with Crippen LogP contribution in [0.25, 0.3) is 0 Å². The molecule has 142 valence electrons. The van der Waals surface area contributed by atoms with Crippen molar-refractivity contribution in [3.8, 4) is 0 Å². The van der Waals surface area contributed by atoms with Gasteiger partial charge in [0.2, 0.25) is 0 Å². The zero-order valence-corrected chi connectivity index (χ0v) is 16.5. The summed E-state index contributed by atoms with van der Waals surface area (Å²) in [6.07, 6.45) is 6.03. The van der Waals surface area contributed by atoms with Crippen LogP contribution >= 0.6 is 36.4 Å². The monoisotopic (exact) mass is 409 g/mol. The van der Waals surface area contributed by atoms with E-state index in [2.05, 4.69) is 10.2 Å². The van der Waals surface area contributed by atoms with Gasteiger partial charge in [0, 0.05) is 48.9 Å². The summed E-state index contributed by atoms with van der Waals surface area (Å²) in [5.41, 5.74) is 1.01. The van der Waals surface area contributed by atoms with Crippen LogP contribution in [0.4, 0.5) is 5.69 Å². The molecular formula is C17H26Cl3N3O2. The lowest BCUT2D eigenvalue weighted by Crippen LogP contribution is -2.47. The van der Waals surface area contributed by atoms with E-state index in [0.29, 0.717) is 10.9 Å². The first-order valence-corrected chi connectivity index (χ1v) is 8.93. The molecule has 1 heterocycles. The summed E-state index contributed by atoms with van der Waals surface area (Å²) in [5, 5.41) is 15.5. The Morgan fingerprint density at radius 1 is 1.16 bits per heavy atom. The minimum atomic E-state index is -0.260. The van der Waals surface area contributed by atoms with E-state index in [-0.39, 0.29) is 41.5 Å². The lowest BCUT2D eigenvalue weighted by Gasteiger charge is -2.41. The number of halogens is 3. The molecule has 1 saturated heterocycles. The van der Waals surface area contributed by atoms with Crippen molar-refractivity contribution < 1.29 is 4.92 Å². The van der Waals surface area contributed by atoms with E-state index in [1.165, 1.54) is 19.3 Å². The van der Waals surface area contributed by atoms with E-state index in [9.17, 15) is 10.1 Å². The Labute approximate surface area is 166 Å². The van der Waals surface area contributed by atoms with E-state index in [1.54, 1.807) is 12.1 Å². The van der Waals surface area contributed by atoms with Gasteiger partial charge in [0.05, 0.1) is 4.92 Å². The van der Waals surface area contributed by atoms with Crippen LogP contribution in [0.5, 0.6) is 0 Å². The number of nitro groups is 1. The normalized spacial score (nSPS) is 20.2. The molecule has 0 amide bonds. The van der Waals surface area contributed by atoms with Gasteiger partial charge in [0.15, 0.2) is 0 Å². The van der Waals surface area contributed by atoms with Crippen molar-refractivity contribution in [1.82, 2.24) is 10.2 Å². The lowest BCUT2D eigenvalue weighted by atomic mass is 9.79. The van der Waals surface area contributed by atoms with Crippen LogP contribution in [0.2, 0.25) is 5.02 Å². The van der Waals surface area contributed by atoms with E-state index in [0.717, 1.165) is 44.6 Å². The highest BCUT2D eigenvalue weighted by Crippen LogP contribution is 2.42. The van der Waals surface area contributed by atoms with Gasteiger partial charge in [0.25, 0.3) is 5.69 Å². The molecular weight excluding hydrogens is 385 g/mol. The van der Waals surface area contributed by atoms with Gasteiger partial charge in [-0.05, 0) is 30.9 Å². The molecule has 8 heteroatoms. The molecule has 1 aliphatic heterocycles. The third-order valence-electron chi connectivity index (χ3n) is 5.15. The van der Waals surface area contributed by atoms with Gasteiger partial charge in [-0.3, -0.25) is 15.0 Å². The minimum Gasteiger partial charge on any atom is -0.314 e. The van der Waals surface area contributed by atoms with Crippen molar-refractivity contribution in [3.63, 3.8) is 0 Å². The first kappa shape index (κ1) is 22.5. The predicted octanol–water partition coefficient (Wildman–Crippen LogP) is 4.62. The number of nitrogens with zero attached hydrogens (tertiary/aromatic N) is 2. The van der Waals surface area contributed by atoms with Crippen LogP contribution in [0.1, 0.15) is 43.7 Å². The highest BCUT2D eigenvalue weighted by atomic mass is 35.5. The summed E-state index contributed by atoms with van der Waals surface area (Å²) >= 11 is 6.19. The Bertz CT molecular complexity index is 544. The summed E-state index contributed by atoms with van der Waals surface area (Å²) in [5.74, 6) is 0.485. The smallest absolute Gasteiger partial charge is 0.274 e. The van der Waals surface area contributed by atoms with Crippen LogP contribution in [0.3, 0.4) is 0 Å². The number of piperazine rings is 1. The average Bonchev–Trinajstić information content (AvgIpc) is 2.57. The van der Waals surface area contributed by atoms with E-state index in [1.807, 2.05) is 6.07 Å². The molecule has 0 spiro atoms. The van der Waals surface area contributed by atoms with E-state index < -0.39 is 0 Å². The summed E-state index contributed by atoms with van der Waals surface area (Å²) in [6.45, 7) is 3.75. The fraction of sp³-hybridized carbons (Fsp3) is 0.647. The third-order valence-corrected chi connectivity index (χ3v) is 5.38. The quantitative estimate of drug-likeness (QED) is 0.581. The van der Waals surface area contributed by atoms with Crippen molar-refractivity contribution in [2.24, 2.45) is 5.92 Å². The maximum absolute atomic E-state index is 11.5. The predicted molar refractivity (Wildman–Crippen MR) is 106 cm³/mol. The standard InChI is InChI=1S/C17H24ClN3O2.2ClH/c18-14-6-7-16(21(22)23)15(12-14)17(13-4-2-1-3-5-13)20-10-8-19-9-11-20;;/h6-7,12-13,17,19H,1-5,8-11H2;2*1H/t17-;;/m0../s1. The van der Waals surface area contributed by atoms with Crippen molar-refractivity contribution in [3.05, 3.63) is 38.9 Å². The lowest BCUT2D eigenvalue weighted by molar-refractivity contribution is -0.386. The molecule has 1 N–H and O–H groups in total. The number of benzene rings is 1. The highest BCUT2D eigenvalue weighted by molar-refractivity contribution is 6.30. The molecule has 0 aromatic heterocycles. The Hall–Kier alpha value is -0.590. The first-order chi connectivity index (χ1) is 11.2. The second-order valence-corrected chi connectivity index (χ2v) is 7.03. The van der Waals surface area contributed by atoms with Gasteiger partial charge < -0.3 is 5.32 Å². The zero-order chi connectivity index (χ0) is 16.2. The molecule has 1 saturated carbocycles. The van der Waals surface area contributed by atoms with Crippen LogP contribution in [-0.4, -0.2) is 36.0 Å². The molecule has 0 bridgehead atoms. The number of hydrogen-bond acceptors (Lipinski definition) is 4. The summed E-state index contributed by atoms with van der Waals surface area (Å²) in [7, 11) is 0. The summed E-state index contributed by atoms with van der Waals surface area (Å²) in [6, 6.07) is 5.12. The molecule has 2 fully saturated rings. The molecule has 1 aliphatic carbocycles. The Morgan fingerprint density at radius 2 is 1.80 bits per heavy atom. The number of nitrogens with one attached hydrogen (secondary N) is 1. The van der Waals surface area contributed by atoms with Gasteiger partial charge in [-0.2, -0.15) is 0 Å². The highest BCUT2D eigenvalue weighted by Gasteiger charge is 2.35. The van der Waals surface area contributed by atoms with Gasteiger partial charge >= 0.3 is 0 Å². The van der Waals surface area contributed by atoms with Gasteiger partial charge in [0.1, 0.15) is 0 Å². The molecule has 0 unspecified atom stereocenters. The van der Waals surface area contributed by atoms with Crippen LogP contribution < -0.4 is 5.32 Å². The average molecular weight is 411 g/mol. The fourth-order valence-corrected chi connectivity index (χ4v) is 4.27. The van der Waals surface area contributed by atoms with Gasteiger partial charge in [-0.1, -0.05) is 30.9 Å². The second kappa shape index (κ2) is 10.5. The van der Waals surface area contributed by atoms with Crippen molar-refractivity contribution in [1.29, 1.82) is 0 Å². The molecule has 1 atom stereocenters. The largest absolute Gasteiger partial charge is 0.314 e. The molecule has 1 aromatic carbocycles. The fourth-order valence-electron chi connectivity index (χ4n) is 4.09. The minimum absolute atomic E-state index is 0. The van der Waals surface area contributed by atoms with Gasteiger partial charge in [-0.15, -0.1) is 24.8 Å². The van der Waals surface area contributed by atoms with Crippen LogP contribution in [-0.2, 0) is 0 Å². The molecule has 2 aliphatic rings. The van der Waals surface area contributed by atoms with Crippen molar-refractivity contribution in [2.45, 2.75) is 38.1 Å². The van der Waals surface area contributed by atoms with Crippen LogP contribution in [0, 0.1) is 16.0 Å². The Kier molecular flexibility index (Phi) is 9.46. The Morgan fingerprint density at radius 3 is 2.40 bits per heavy atom.